The van der Waals surface area contributed by atoms with Gasteiger partial charge in [0, 0.05) is 18.7 Å². The molecule has 1 amide bonds. The summed E-state index contributed by atoms with van der Waals surface area (Å²) in [5.74, 6) is -0.281. The molecule has 1 aliphatic rings. The summed E-state index contributed by atoms with van der Waals surface area (Å²) in [6.07, 6.45) is 0. The van der Waals surface area contributed by atoms with Crippen molar-refractivity contribution in [1.82, 2.24) is 9.62 Å². The molecule has 30 heavy (non-hydrogen) atoms. The number of carbonyl (C=O) groups is 1. The highest BCUT2D eigenvalue weighted by Gasteiger charge is 2.27. The highest BCUT2D eigenvalue weighted by molar-refractivity contribution is 7.89. The highest BCUT2D eigenvalue weighted by Crippen LogP contribution is 2.24. The van der Waals surface area contributed by atoms with Crippen molar-refractivity contribution in [3.63, 3.8) is 0 Å². The van der Waals surface area contributed by atoms with Gasteiger partial charge in [-0.15, -0.1) is 0 Å². The molecule has 0 aliphatic carbocycles. The van der Waals surface area contributed by atoms with Crippen LogP contribution >= 0.6 is 0 Å². The second-order valence-corrected chi connectivity index (χ2v) is 9.92. The maximum absolute atomic E-state index is 13.0. The fraction of sp³-hybridized carbons (Fsp3) is 0.435. The minimum atomic E-state index is -3.66. The minimum Gasteiger partial charge on any atom is -0.379 e. The SMILES string of the molecule is Cc1cc(C)c([C@@H](C)NC(=O)c2cc(S(=O)(=O)N3CCOCC3)ccc2C)cc1C. The fourth-order valence-electron chi connectivity index (χ4n) is 3.74. The summed E-state index contributed by atoms with van der Waals surface area (Å²) in [4.78, 5) is 13.2. The van der Waals surface area contributed by atoms with Crippen LogP contribution in [0.25, 0.3) is 0 Å². The predicted octanol–water partition coefficient (Wildman–Crippen LogP) is 3.43. The normalized spacial score (nSPS) is 16.3. The summed E-state index contributed by atoms with van der Waals surface area (Å²) < 4.78 is 32.6. The van der Waals surface area contributed by atoms with Gasteiger partial charge in [0.15, 0.2) is 0 Å². The zero-order valence-electron chi connectivity index (χ0n) is 18.3. The van der Waals surface area contributed by atoms with E-state index >= 15 is 0 Å². The van der Waals surface area contributed by atoms with E-state index in [0.717, 1.165) is 16.7 Å². The van der Waals surface area contributed by atoms with Gasteiger partial charge in [-0.2, -0.15) is 4.31 Å². The van der Waals surface area contributed by atoms with Crippen molar-refractivity contribution in [3.8, 4) is 0 Å². The summed E-state index contributed by atoms with van der Waals surface area (Å²) in [7, 11) is -3.66. The van der Waals surface area contributed by atoms with E-state index in [0.29, 0.717) is 31.9 Å². The Kier molecular flexibility index (Phi) is 6.65. The fourth-order valence-corrected chi connectivity index (χ4v) is 5.18. The lowest BCUT2D eigenvalue weighted by Crippen LogP contribution is -2.40. The van der Waals surface area contributed by atoms with Gasteiger partial charge in [0.05, 0.1) is 24.2 Å². The lowest BCUT2D eigenvalue weighted by atomic mass is 9.96. The van der Waals surface area contributed by atoms with E-state index in [1.165, 1.54) is 21.5 Å². The number of amides is 1. The quantitative estimate of drug-likeness (QED) is 0.789. The standard InChI is InChI=1S/C23H30N2O4S/c1-15-6-7-20(30(27,28)25-8-10-29-11-9-25)14-22(15)23(26)24-19(5)21-13-17(3)16(2)12-18(21)4/h6-7,12-14,19H,8-11H2,1-5H3,(H,24,26)/t19-/m1/s1. The Balaban J connectivity index is 1.86. The Morgan fingerprint density at radius 2 is 1.60 bits per heavy atom. The van der Waals surface area contributed by atoms with Crippen LogP contribution in [0.4, 0.5) is 0 Å². The lowest BCUT2D eigenvalue weighted by Gasteiger charge is -2.26. The van der Waals surface area contributed by atoms with Gasteiger partial charge < -0.3 is 10.1 Å². The average Bonchev–Trinajstić information content (AvgIpc) is 2.71. The van der Waals surface area contributed by atoms with Crippen LogP contribution in [0.2, 0.25) is 0 Å². The molecule has 2 aromatic carbocycles. The van der Waals surface area contributed by atoms with Crippen molar-refractivity contribution in [1.29, 1.82) is 0 Å². The first-order valence-corrected chi connectivity index (χ1v) is 11.6. The van der Waals surface area contributed by atoms with E-state index in [1.54, 1.807) is 12.1 Å². The first-order valence-electron chi connectivity index (χ1n) is 10.2. The maximum Gasteiger partial charge on any atom is 0.252 e. The van der Waals surface area contributed by atoms with Gasteiger partial charge in [-0.1, -0.05) is 18.2 Å². The van der Waals surface area contributed by atoms with Crippen LogP contribution in [0.15, 0.2) is 35.2 Å². The number of nitrogens with one attached hydrogen (secondary N) is 1. The van der Waals surface area contributed by atoms with Crippen molar-refractivity contribution < 1.29 is 17.9 Å². The van der Waals surface area contributed by atoms with E-state index in [9.17, 15) is 13.2 Å². The highest BCUT2D eigenvalue weighted by atomic mass is 32.2. The molecule has 1 aliphatic heterocycles. The molecule has 1 saturated heterocycles. The molecule has 0 unspecified atom stereocenters. The first kappa shape index (κ1) is 22.5. The number of aryl methyl sites for hydroxylation is 4. The van der Waals surface area contributed by atoms with Crippen LogP contribution in [0.5, 0.6) is 0 Å². The van der Waals surface area contributed by atoms with Crippen LogP contribution in [0.1, 0.15) is 51.1 Å². The second kappa shape index (κ2) is 8.88. The molecule has 1 heterocycles. The van der Waals surface area contributed by atoms with Gasteiger partial charge in [0.1, 0.15) is 0 Å². The molecule has 162 valence electrons. The van der Waals surface area contributed by atoms with Gasteiger partial charge in [-0.25, -0.2) is 8.42 Å². The summed E-state index contributed by atoms with van der Waals surface area (Å²) in [6.45, 7) is 11.3. The zero-order chi connectivity index (χ0) is 22.1. The largest absolute Gasteiger partial charge is 0.379 e. The van der Waals surface area contributed by atoms with E-state index in [4.69, 9.17) is 4.74 Å². The lowest BCUT2D eigenvalue weighted by molar-refractivity contribution is 0.0730. The number of hydrogen-bond donors (Lipinski definition) is 1. The smallest absolute Gasteiger partial charge is 0.252 e. The third-order valence-corrected chi connectivity index (χ3v) is 7.65. The Labute approximate surface area is 179 Å². The molecule has 3 rings (SSSR count). The van der Waals surface area contributed by atoms with E-state index in [2.05, 4.69) is 31.3 Å². The summed E-state index contributed by atoms with van der Waals surface area (Å²) in [6, 6.07) is 8.75. The van der Waals surface area contributed by atoms with E-state index in [1.807, 2.05) is 20.8 Å². The molecule has 1 N–H and O–H groups in total. The number of hydrogen-bond acceptors (Lipinski definition) is 4. The van der Waals surface area contributed by atoms with Crippen molar-refractivity contribution in [2.75, 3.05) is 26.3 Å². The van der Waals surface area contributed by atoms with Crippen LogP contribution < -0.4 is 5.32 Å². The number of carbonyl (C=O) groups excluding carboxylic acids is 1. The third-order valence-electron chi connectivity index (χ3n) is 5.76. The number of benzene rings is 2. The topological polar surface area (TPSA) is 75.7 Å². The molecular weight excluding hydrogens is 400 g/mol. The number of rotatable bonds is 5. The molecule has 7 heteroatoms. The Morgan fingerprint density at radius 3 is 2.27 bits per heavy atom. The molecule has 0 aromatic heterocycles. The number of morpholine rings is 1. The Hall–Kier alpha value is -2.22. The van der Waals surface area contributed by atoms with E-state index in [-0.39, 0.29) is 16.8 Å². The first-order chi connectivity index (χ1) is 14.1. The molecule has 0 bridgehead atoms. The van der Waals surface area contributed by atoms with Crippen molar-refractivity contribution in [2.24, 2.45) is 0 Å². The van der Waals surface area contributed by atoms with Crippen LogP contribution in [0, 0.1) is 27.7 Å². The molecule has 1 fully saturated rings. The average molecular weight is 431 g/mol. The summed E-state index contributed by atoms with van der Waals surface area (Å²) in [5, 5.41) is 3.03. The summed E-state index contributed by atoms with van der Waals surface area (Å²) >= 11 is 0. The van der Waals surface area contributed by atoms with Gasteiger partial charge in [-0.3, -0.25) is 4.79 Å². The Morgan fingerprint density at radius 1 is 0.967 bits per heavy atom. The molecule has 1 atom stereocenters. The Bertz CT molecular complexity index is 1060. The van der Waals surface area contributed by atoms with Gasteiger partial charge in [0.25, 0.3) is 5.91 Å². The minimum absolute atomic E-state index is 0.134. The third kappa shape index (κ3) is 4.58. The second-order valence-electron chi connectivity index (χ2n) is 7.98. The monoisotopic (exact) mass is 430 g/mol. The van der Waals surface area contributed by atoms with Gasteiger partial charge in [0.2, 0.25) is 10.0 Å². The molecule has 0 saturated carbocycles. The van der Waals surface area contributed by atoms with Crippen LogP contribution in [0.3, 0.4) is 0 Å². The number of nitrogens with zero attached hydrogens (tertiary/aromatic N) is 1. The zero-order valence-corrected chi connectivity index (χ0v) is 19.1. The van der Waals surface area contributed by atoms with Crippen LogP contribution in [-0.2, 0) is 14.8 Å². The van der Waals surface area contributed by atoms with Crippen molar-refractivity contribution >= 4 is 15.9 Å². The van der Waals surface area contributed by atoms with Gasteiger partial charge in [-0.05, 0) is 74.6 Å². The maximum atomic E-state index is 13.0. The predicted molar refractivity (Wildman–Crippen MR) is 117 cm³/mol. The molecule has 2 aromatic rings. The summed E-state index contributed by atoms with van der Waals surface area (Å²) in [5.41, 5.74) is 5.67. The van der Waals surface area contributed by atoms with Crippen molar-refractivity contribution in [2.45, 2.75) is 45.6 Å². The van der Waals surface area contributed by atoms with Gasteiger partial charge >= 0.3 is 0 Å². The van der Waals surface area contributed by atoms with Crippen molar-refractivity contribution in [3.05, 3.63) is 63.7 Å². The molecule has 6 nitrogen and oxygen atoms in total. The number of sulfonamides is 1. The molecular formula is C23H30N2O4S. The van der Waals surface area contributed by atoms with Crippen LogP contribution in [-0.4, -0.2) is 44.9 Å². The van der Waals surface area contributed by atoms with E-state index < -0.39 is 10.0 Å². The molecule has 0 spiro atoms. The number of ether oxygens (including phenoxy) is 1. The molecule has 0 radical (unpaired) electrons.